The van der Waals surface area contributed by atoms with Crippen LogP contribution in [0.5, 0.6) is 0 Å². The van der Waals surface area contributed by atoms with Crippen molar-refractivity contribution in [1.29, 1.82) is 0 Å². The van der Waals surface area contributed by atoms with Gasteiger partial charge in [0.1, 0.15) is 11.8 Å². The summed E-state index contributed by atoms with van der Waals surface area (Å²) in [5, 5.41) is 14.1. The van der Waals surface area contributed by atoms with Crippen LogP contribution in [-0.2, 0) is 6.18 Å². The minimum absolute atomic E-state index is 0.0602. The number of aromatic nitrogens is 1. The lowest BCUT2D eigenvalue weighted by atomic mass is 10.0. The molecule has 1 aromatic carbocycles. The van der Waals surface area contributed by atoms with Crippen LogP contribution in [0, 0.1) is 6.92 Å². The summed E-state index contributed by atoms with van der Waals surface area (Å²) in [6.45, 7) is 2.08. The van der Waals surface area contributed by atoms with E-state index in [-0.39, 0.29) is 11.3 Å². The highest BCUT2D eigenvalue weighted by Crippen LogP contribution is 2.39. The molecule has 0 bridgehead atoms. The van der Waals surface area contributed by atoms with E-state index >= 15 is 0 Å². The molecule has 2 aromatic heterocycles. The molecule has 0 saturated carbocycles. The van der Waals surface area contributed by atoms with Gasteiger partial charge in [-0.2, -0.15) is 13.2 Å². The van der Waals surface area contributed by atoms with Crippen molar-refractivity contribution in [2.45, 2.75) is 19.2 Å². The van der Waals surface area contributed by atoms with Gasteiger partial charge in [0.15, 0.2) is 0 Å². The normalized spacial score (nSPS) is 15.0. The highest BCUT2D eigenvalue weighted by atomic mass is 32.1. The number of nitrogens with zero attached hydrogens (tertiary/aromatic N) is 2. The highest BCUT2D eigenvalue weighted by molar-refractivity contribution is 7.15. The monoisotopic (exact) mass is 378 g/mol. The summed E-state index contributed by atoms with van der Waals surface area (Å²) >= 11 is 1.19. The topological polar surface area (TPSA) is 58.6 Å². The smallest absolute Gasteiger partial charge is 0.383 e. The summed E-state index contributed by atoms with van der Waals surface area (Å²) in [6, 6.07) is 10.8. The molecule has 0 spiro atoms. The Balaban J connectivity index is 1.59. The average Bonchev–Trinajstić information content (AvgIpc) is 3.20. The lowest BCUT2D eigenvalue weighted by molar-refractivity contribution is -0.156. The molecule has 0 saturated heterocycles. The maximum absolute atomic E-state index is 12.8. The number of benzene rings is 1. The molecule has 3 heterocycles. The molecule has 26 heavy (non-hydrogen) atoms. The third kappa shape index (κ3) is 3.06. The Morgan fingerprint density at radius 1 is 1.15 bits per heavy atom. The number of aliphatic hydroxyl groups excluding tert-OH is 1. The van der Waals surface area contributed by atoms with E-state index in [1.165, 1.54) is 18.3 Å². The van der Waals surface area contributed by atoms with Gasteiger partial charge in [0.25, 0.3) is 0 Å². The van der Waals surface area contributed by atoms with E-state index in [1.54, 1.807) is 12.1 Å². The van der Waals surface area contributed by atoms with Crippen molar-refractivity contribution in [2.24, 2.45) is 4.99 Å². The van der Waals surface area contributed by atoms with Crippen LogP contribution >= 0.6 is 11.3 Å². The molecule has 1 aliphatic rings. The Labute approximate surface area is 150 Å². The van der Waals surface area contributed by atoms with Crippen molar-refractivity contribution in [3.63, 3.8) is 0 Å². The molecule has 1 aliphatic heterocycles. The van der Waals surface area contributed by atoms with Gasteiger partial charge in [0.05, 0.1) is 17.1 Å². The van der Waals surface area contributed by atoms with Crippen LogP contribution in [-0.4, -0.2) is 22.5 Å². The number of rotatable bonds is 4. The molecular weight excluding hydrogens is 365 g/mol. The molecule has 1 unspecified atom stereocenters. The fourth-order valence-corrected chi connectivity index (χ4v) is 3.76. The quantitative estimate of drug-likeness (QED) is 0.721. The minimum Gasteiger partial charge on any atom is -0.383 e. The van der Waals surface area contributed by atoms with Crippen molar-refractivity contribution >= 4 is 17.0 Å². The molecule has 3 aromatic rings. The van der Waals surface area contributed by atoms with E-state index in [9.17, 15) is 18.3 Å². The Bertz CT molecular complexity index is 987. The molecule has 4 rings (SSSR count). The van der Waals surface area contributed by atoms with E-state index in [2.05, 4.69) is 14.7 Å². The number of thiophene rings is 1. The number of aliphatic imine (C=N–C) groups is 1. The maximum Gasteiger partial charge on any atom is 0.452 e. The molecule has 0 aliphatic carbocycles. The first-order valence-electron chi connectivity index (χ1n) is 7.80. The Morgan fingerprint density at radius 3 is 2.42 bits per heavy atom. The van der Waals surface area contributed by atoms with Gasteiger partial charge in [0.2, 0.25) is 5.76 Å². The second-order valence-electron chi connectivity index (χ2n) is 5.97. The summed E-state index contributed by atoms with van der Waals surface area (Å²) in [6.07, 6.45) is -5.44. The van der Waals surface area contributed by atoms with Crippen LogP contribution in [0.2, 0.25) is 0 Å². The van der Waals surface area contributed by atoms with Gasteiger partial charge in [-0.3, -0.25) is 4.99 Å². The standard InChI is InChI=1S/C18H13F3N2O2S/c1-9-15(23-25-17(9)18(19,20)21)13-6-7-14(26-13)16(24)11-4-2-10(3-5-11)12-8-22-12/h2-7,16,24H,8H2,1H3. The number of hydrogen-bond donors (Lipinski definition) is 1. The lowest BCUT2D eigenvalue weighted by Crippen LogP contribution is -2.04. The van der Waals surface area contributed by atoms with Crippen LogP contribution in [0.1, 0.15) is 33.4 Å². The fraction of sp³-hybridized carbons (Fsp3) is 0.222. The number of halogens is 3. The van der Waals surface area contributed by atoms with Crippen molar-refractivity contribution in [2.75, 3.05) is 6.54 Å². The first-order chi connectivity index (χ1) is 12.3. The second kappa shape index (κ2) is 6.07. The highest BCUT2D eigenvalue weighted by Gasteiger charge is 2.39. The summed E-state index contributed by atoms with van der Waals surface area (Å²) in [7, 11) is 0. The average molecular weight is 378 g/mol. The maximum atomic E-state index is 12.8. The van der Waals surface area contributed by atoms with E-state index in [0.717, 1.165) is 17.8 Å². The molecule has 0 radical (unpaired) electrons. The van der Waals surface area contributed by atoms with Gasteiger partial charge in [-0.15, -0.1) is 11.3 Å². The first-order valence-corrected chi connectivity index (χ1v) is 8.61. The van der Waals surface area contributed by atoms with Gasteiger partial charge < -0.3 is 9.63 Å². The van der Waals surface area contributed by atoms with E-state index < -0.39 is 18.0 Å². The Morgan fingerprint density at radius 2 is 1.85 bits per heavy atom. The van der Waals surface area contributed by atoms with Crippen LogP contribution in [0.4, 0.5) is 13.2 Å². The molecule has 0 fully saturated rings. The molecular formula is C18H13F3N2O2S. The largest absolute Gasteiger partial charge is 0.452 e. The van der Waals surface area contributed by atoms with Crippen molar-refractivity contribution < 1.29 is 22.8 Å². The summed E-state index contributed by atoms with van der Waals surface area (Å²) in [4.78, 5) is 5.26. The van der Waals surface area contributed by atoms with E-state index in [4.69, 9.17) is 0 Å². The van der Waals surface area contributed by atoms with Crippen LogP contribution < -0.4 is 0 Å². The van der Waals surface area contributed by atoms with Gasteiger partial charge >= 0.3 is 6.18 Å². The van der Waals surface area contributed by atoms with Gasteiger partial charge in [0, 0.05) is 10.4 Å². The van der Waals surface area contributed by atoms with Crippen LogP contribution in [0.3, 0.4) is 0 Å². The van der Waals surface area contributed by atoms with Crippen molar-refractivity contribution in [3.8, 4) is 10.6 Å². The minimum atomic E-state index is -4.58. The molecule has 8 heteroatoms. The van der Waals surface area contributed by atoms with Gasteiger partial charge in [-0.05, 0) is 30.2 Å². The number of aliphatic hydroxyl groups is 1. The lowest BCUT2D eigenvalue weighted by Gasteiger charge is -2.09. The predicted molar refractivity (Wildman–Crippen MR) is 91.5 cm³/mol. The fourth-order valence-electron chi connectivity index (χ4n) is 2.70. The summed E-state index contributed by atoms with van der Waals surface area (Å²) in [5.74, 6) is -1.10. The summed E-state index contributed by atoms with van der Waals surface area (Å²) in [5.41, 5.74) is 2.87. The first kappa shape index (κ1) is 17.0. The zero-order chi connectivity index (χ0) is 18.5. The predicted octanol–water partition coefficient (Wildman–Crippen LogP) is 4.61. The summed E-state index contributed by atoms with van der Waals surface area (Å²) < 4.78 is 43.0. The Kier molecular flexibility index (Phi) is 3.96. The van der Waals surface area contributed by atoms with Crippen LogP contribution in [0.25, 0.3) is 10.6 Å². The second-order valence-corrected chi connectivity index (χ2v) is 7.09. The third-order valence-electron chi connectivity index (χ3n) is 4.19. The number of alkyl halides is 3. The van der Waals surface area contributed by atoms with E-state index in [0.29, 0.717) is 15.3 Å². The van der Waals surface area contributed by atoms with E-state index in [1.807, 2.05) is 24.3 Å². The molecule has 1 N–H and O–H groups in total. The molecule has 4 nitrogen and oxygen atoms in total. The van der Waals surface area contributed by atoms with Gasteiger partial charge in [-0.25, -0.2) is 0 Å². The zero-order valence-corrected chi connectivity index (χ0v) is 14.4. The van der Waals surface area contributed by atoms with Crippen LogP contribution in [0.15, 0.2) is 45.9 Å². The van der Waals surface area contributed by atoms with Crippen molar-refractivity contribution in [1.82, 2.24) is 5.16 Å². The van der Waals surface area contributed by atoms with Crippen molar-refractivity contribution in [3.05, 3.63) is 63.7 Å². The Hall–Kier alpha value is -2.45. The SMILES string of the molecule is Cc1c(-c2ccc(C(O)c3ccc(C4=NC4)cc3)s2)noc1C(F)(F)F. The van der Waals surface area contributed by atoms with Gasteiger partial charge in [-0.1, -0.05) is 29.4 Å². The number of hydrogen-bond acceptors (Lipinski definition) is 5. The molecule has 0 amide bonds. The molecule has 134 valence electrons. The zero-order valence-electron chi connectivity index (χ0n) is 13.5. The molecule has 1 atom stereocenters. The third-order valence-corrected chi connectivity index (χ3v) is 5.33.